The molecule has 0 aromatic heterocycles. The molecule has 0 bridgehead atoms. The Balaban J connectivity index is 2.56. The summed E-state index contributed by atoms with van der Waals surface area (Å²) >= 11 is 0. The van der Waals surface area contributed by atoms with Crippen LogP contribution >= 0.6 is 0 Å². The molecule has 1 N–H and O–H groups in total. The number of nitrogens with one attached hydrogen (secondary N) is 1. The van der Waals surface area contributed by atoms with Crippen molar-refractivity contribution in [2.45, 2.75) is 0 Å². The van der Waals surface area contributed by atoms with Crippen LogP contribution in [0.3, 0.4) is 0 Å². The van der Waals surface area contributed by atoms with E-state index in [9.17, 15) is 4.79 Å². The normalized spacial score (nSPS) is 10.2. The van der Waals surface area contributed by atoms with E-state index in [1.807, 2.05) is 36.4 Å². The Bertz CT molecular complexity index is 488. The first-order valence-electron chi connectivity index (χ1n) is 4.64. The number of carbonyl (C=O) groups excluding carboxylic acids is 1. The average Bonchev–Trinajstić information content (AvgIpc) is 2.28. The zero-order chi connectivity index (χ0) is 10.7. The van der Waals surface area contributed by atoms with Gasteiger partial charge in [-0.3, -0.25) is 9.63 Å². The summed E-state index contributed by atoms with van der Waals surface area (Å²) < 4.78 is 0. The second kappa shape index (κ2) is 4.11. The molecule has 0 spiro atoms. The fourth-order valence-electron chi connectivity index (χ4n) is 1.57. The van der Waals surface area contributed by atoms with Gasteiger partial charge in [-0.05, 0) is 16.8 Å². The molecule has 0 aliphatic carbocycles. The molecular formula is C12H11NO2. The van der Waals surface area contributed by atoms with E-state index in [1.54, 1.807) is 6.07 Å². The molecule has 0 fully saturated rings. The number of amides is 1. The number of carbonyl (C=O) groups is 1. The van der Waals surface area contributed by atoms with Gasteiger partial charge in [-0.2, -0.15) is 0 Å². The highest BCUT2D eigenvalue weighted by Gasteiger charge is 2.08. The highest BCUT2D eigenvalue weighted by atomic mass is 16.6. The van der Waals surface area contributed by atoms with Crippen LogP contribution in [0.15, 0.2) is 42.5 Å². The van der Waals surface area contributed by atoms with Crippen molar-refractivity contribution in [3.05, 3.63) is 48.0 Å². The smallest absolute Gasteiger partial charge is 0.275 e. The lowest BCUT2D eigenvalue weighted by atomic mass is 10.0. The lowest BCUT2D eigenvalue weighted by Crippen LogP contribution is -2.21. The third-order valence-corrected chi connectivity index (χ3v) is 2.23. The number of benzene rings is 2. The largest absolute Gasteiger partial charge is 0.277 e. The molecule has 2 aromatic carbocycles. The van der Waals surface area contributed by atoms with Crippen molar-refractivity contribution >= 4 is 16.7 Å². The van der Waals surface area contributed by atoms with Crippen LogP contribution < -0.4 is 5.48 Å². The molecule has 3 heteroatoms. The zero-order valence-corrected chi connectivity index (χ0v) is 8.36. The number of hydroxylamine groups is 1. The van der Waals surface area contributed by atoms with Gasteiger partial charge in [0.2, 0.25) is 0 Å². The van der Waals surface area contributed by atoms with Crippen LogP contribution in [-0.2, 0) is 4.84 Å². The van der Waals surface area contributed by atoms with E-state index in [4.69, 9.17) is 0 Å². The first kappa shape index (κ1) is 9.68. The molecule has 2 rings (SSSR count). The maximum atomic E-state index is 11.6. The fraction of sp³-hybridized carbons (Fsp3) is 0.0833. The van der Waals surface area contributed by atoms with Gasteiger partial charge in [0, 0.05) is 5.56 Å². The van der Waals surface area contributed by atoms with Gasteiger partial charge >= 0.3 is 0 Å². The van der Waals surface area contributed by atoms with Gasteiger partial charge in [-0.15, -0.1) is 0 Å². The van der Waals surface area contributed by atoms with E-state index in [0.717, 1.165) is 10.8 Å². The van der Waals surface area contributed by atoms with Crippen molar-refractivity contribution in [3.63, 3.8) is 0 Å². The minimum absolute atomic E-state index is 0.228. The Labute approximate surface area is 87.6 Å². The average molecular weight is 201 g/mol. The summed E-state index contributed by atoms with van der Waals surface area (Å²) in [4.78, 5) is 16.2. The van der Waals surface area contributed by atoms with Gasteiger partial charge in [0.25, 0.3) is 5.91 Å². The summed E-state index contributed by atoms with van der Waals surface area (Å²) in [5, 5.41) is 1.97. The Morgan fingerprint density at radius 3 is 2.67 bits per heavy atom. The van der Waals surface area contributed by atoms with Crippen molar-refractivity contribution < 1.29 is 9.63 Å². The summed E-state index contributed by atoms with van der Waals surface area (Å²) in [6.07, 6.45) is 0. The van der Waals surface area contributed by atoms with E-state index in [0.29, 0.717) is 5.56 Å². The molecule has 0 saturated heterocycles. The minimum Gasteiger partial charge on any atom is -0.277 e. The predicted molar refractivity (Wildman–Crippen MR) is 58.4 cm³/mol. The molecule has 15 heavy (non-hydrogen) atoms. The van der Waals surface area contributed by atoms with Gasteiger partial charge in [0.05, 0.1) is 7.11 Å². The highest BCUT2D eigenvalue weighted by molar-refractivity contribution is 6.06. The molecular weight excluding hydrogens is 190 g/mol. The standard InChI is InChI=1S/C12H11NO2/c1-15-13-12(14)11-8-4-6-9-5-2-3-7-10(9)11/h2-8H,1H3,(H,13,14). The summed E-state index contributed by atoms with van der Waals surface area (Å²) in [7, 11) is 1.42. The van der Waals surface area contributed by atoms with Crippen LogP contribution in [0, 0.1) is 0 Å². The highest BCUT2D eigenvalue weighted by Crippen LogP contribution is 2.18. The third kappa shape index (κ3) is 1.82. The van der Waals surface area contributed by atoms with Gasteiger partial charge in [0.15, 0.2) is 0 Å². The van der Waals surface area contributed by atoms with Crippen molar-refractivity contribution in [1.82, 2.24) is 5.48 Å². The quantitative estimate of drug-likeness (QED) is 0.756. The molecule has 0 aliphatic heterocycles. The van der Waals surface area contributed by atoms with Crippen LogP contribution in [0.1, 0.15) is 10.4 Å². The van der Waals surface area contributed by atoms with Crippen LogP contribution in [0.25, 0.3) is 10.8 Å². The summed E-state index contributed by atoms with van der Waals surface area (Å²) in [5.41, 5.74) is 2.94. The van der Waals surface area contributed by atoms with Gasteiger partial charge in [-0.25, -0.2) is 5.48 Å². The van der Waals surface area contributed by atoms with E-state index in [2.05, 4.69) is 10.3 Å². The second-order valence-electron chi connectivity index (χ2n) is 3.16. The SMILES string of the molecule is CONC(=O)c1cccc2ccccc12. The van der Waals surface area contributed by atoms with Crippen molar-refractivity contribution in [2.75, 3.05) is 7.11 Å². The summed E-state index contributed by atoms with van der Waals surface area (Å²) in [5.74, 6) is -0.228. The molecule has 0 atom stereocenters. The number of rotatable bonds is 2. The Morgan fingerprint density at radius 1 is 1.13 bits per heavy atom. The molecule has 0 radical (unpaired) electrons. The molecule has 0 unspecified atom stereocenters. The monoisotopic (exact) mass is 201 g/mol. The van der Waals surface area contributed by atoms with Crippen LogP contribution in [-0.4, -0.2) is 13.0 Å². The lowest BCUT2D eigenvalue weighted by molar-refractivity contribution is 0.0539. The molecule has 2 aromatic rings. The van der Waals surface area contributed by atoms with Crippen LogP contribution in [0.2, 0.25) is 0 Å². The van der Waals surface area contributed by atoms with Crippen molar-refractivity contribution in [2.24, 2.45) is 0 Å². The molecule has 76 valence electrons. The van der Waals surface area contributed by atoms with Crippen molar-refractivity contribution in [1.29, 1.82) is 0 Å². The fourth-order valence-corrected chi connectivity index (χ4v) is 1.57. The Hall–Kier alpha value is -1.87. The van der Waals surface area contributed by atoms with Crippen LogP contribution in [0.4, 0.5) is 0 Å². The van der Waals surface area contributed by atoms with Crippen molar-refractivity contribution in [3.8, 4) is 0 Å². The topological polar surface area (TPSA) is 38.3 Å². The summed E-state index contributed by atoms with van der Waals surface area (Å²) in [6.45, 7) is 0. The Morgan fingerprint density at radius 2 is 1.87 bits per heavy atom. The predicted octanol–water partition coefficient (Wildman–Crippen LogP) is 2.13. The molecule has 0 heterocycles. The molecule has 0 saturated carbocycles. The van der Waals surface area contributed by atoms with Gasteiger partial charge in [-0.1, -0.05) is 36.4 Å². The van der Waals surface area contributed by atoms with E-state index < -0.39 is 0 Å². The number of hydrogen-bond acceptors (Lipinski definition) is 2. The van der Waals surface area contributed by atoms with Crippen LogP contribution in [0.5, 0.6) is 0 Å². The first-order chi connectivity index (χ1) is 7.33. The number of fused-ring (bicyclic) bond motifs is 1. The molecule has 3 nitrogen and oxygen atoms in total. The third-order valence-electron chi connectivity index (χ3n) is 2.23. The first-order valence-corrected chi connectivity index (χ1v) is 4.64. The summed E-state index contributed by atoms with van der Waals surface area (Å²) in [6, 6.07) is 13.3. The van der Waals surface area contributed by atoms with Gasteiger partial charge in [0.1, 0.15) is 0 Å². The van der Waals surface area contributed by atoms with E-state index >= 15 is 0 Å². The second-order valence-corrected chi connectivity index (χ2v) is 3.16. The Kier molecular flexibility index (Phi) is 2.65. The molecule has 0 aliphatic rings. The zero-order valence-electron chi connectivity index (χ0n) is 8.36. The number of hydrogen-bond donors (Lipinski definition) is 1. The lowest BCUT2D eigenvalue weighted by Gasteiger charge is -2.05. The maximum absolute atomic E-state index is 11.6. The molecule has 1 amide bonds. The van der Waals surface area contributed by atoms with E-state index in [-0.39, 0.29) is 5.91 Å². The van der Waals surface area contributed by atoms with E-state index in [1.165, 1.54) is 7.11 Å². The van der Waals surface area contributed by atoms with Gasteiger partial charge < -0.3 is 0 Å². The minimum atomic E-state index is -0.228. The maximum Gasteiger partial charge on any atom is 0.275 e.